The topological polar surface area (TPSA) is 108 Å². The molecule has 2 amide bonds. The van der Waals surface area contributed by atoms with Crippen LogP contribution >= 0.6 is 12.6 Å². The predicted molar refractivity (Wildman–Crippen MR) is 119 cm³/mol. The third-order valence-electron chi connectivity index (χ3n) is 5.11. The van der Waals surface area contributed by atoms with Gasteiger partial charge in [0.1, 0.15) is 6.04 Å². The van der Waals surface area contributed by atoms with Crippen molar-refractivity contribution in [1.29, 1.82) is 0 Å². The van der Waals surface area contributed by atoms with Crippen molar-refractivity contribution in [2.24, 2.45) is 0 Å². The number of carbonyl (C=O) groups excluding carboxylic acids is 2. The molecule has 0 radical (unpaired) electrons. The number of amides is 2. The number of fused-ring (bicyclic) bond motifs is 1. The normalized spacial score (nSPS) is 19.3. The lowest BCUT2D eigenvalue weighted by Gasteiger charge is -2.23. The van der Waals surface area contributed by atoms with Crippen LogP contribution in [0.3, 0.4) is 0 Å². The van der Waals surface area contributed by atoms with Gasteiger partial charge < -0.3 is 0 Å². The Hall–Kier alpha value is -2.95. The average molecular weight is 457 g/mol. The van der Waals surface area contributed by atoms with Gasteiger partial charge in [-0.3, -0.25) is 25.4 Å². The molecule has 10 heteroatoms. The van der Waals surface area contributed by atoms with E-state index in [2.05, 4.69) is 28.5 Å². The van der Waals surface area contributed by atoms with E-state index >= 15 is 0 Å². The highest BCUT2D eigenvalue weighted by atomic mass is 32.2. The number of nitrogens with zero attached hydrogens (tertiary/aromatic N) is 2. The fourth-order valence-electron chi connectivity index (χ4n) is 3.53. The van der Waals surface area contributed by atoms with Gasteiger partial charge in [-0.15, -0.1) is 0 Å². The van der Waals surface area contributed by atoms with Crippen LogP contribution in [0.2, 0.25) is 0 Å². The number of hydrogen-bond acceptors (Lipinski definition) is 6. The summed E-state index contributed by atoms with van der Waals surface area (Å²) in [4.78, 5) is 28.8. The van der Waals surface area contributed by atoms with Gasteiger partial charge in [-0.1, -0.05) is 30.3 Å². The van der Waals surface area contributed by atoms with Gasteiger partial charge >= 0.3 is 0 Å². The lowest BCUT2D eigenvalue weighted by Crippen LogP contribution is -2.51. The third kappa shape index (κ3) is 4.41. The minimum Gasteiger partial charge on any atom is -0.271 e. The molecular formula is C21H20N4O4S2. The number of carbonyl (C=O) groups is 2. The van der Waals surface area contributed by atoms with Crippen LogP contribution in [0, 0.1) is 0 Å². The number of hydrazine groups is 1. The van der Waals surface area contributed by atoms with Crippen LogP contribution in [0.1, 0.15) is 16.8 Å². The molecule has 2 atom stereocenters. The molecule has 1 saturated heterocycles. The van der Waals surface area contributed by atoms with E-state index in [1.807, 2.05) is 24.3 Å². The summed E-state index contributed by atoms with van der Waals surface area (Å²) in [5.41, 5.74) is 4.96. The molecule has 3 aromatic rings. The molecule has 0 aliphatic carbocycles. The molecule has 1 aliphatic heterocycles. The van der Waals surface area contributed by atoms with Crippen LogP contribution in [0.25, 0.3) is 10.8 Å². The van der Waals surface area contributed by atoms with E-state index in [0.717, 1.165) is 15.1 Å². The van der Waals surface area contributed by atoms with Gasteiger partial charge in [0.15, 0.2) is 0 Å². The summed E-state index contributed by atoms with van der Waals surface area (Å²) in [6, 6.07) is 14.3. The summed E-state index contributed by atoms with van der Waals surface area (Å²) < 4.78 is 27.8. The Balaban J connectivity index is 1.53. The first-order valence-electron chi connectivity index (χ1n) is 9.55. The molecule has 1 aliphatic rings. The lowest BCUT2D eigenvalue weighted by molar-refractivity contribution is -0.124. The third-order valence-corrected chi connectivity index (χ3v) is 7.35. The zero-order valence-electron chi connectivity index (χ0n) is 16.3. The second-order valence-electron chi connectivity index (χ2n) is 7.17. The summed E-state index contributed by atoms with van der Waals surface area (Å²) in [6.07, 6.45) is 3.14. The summed E-state index contributed by atoms with van der Waals surface area (Å²) in [5.74, 6) is -1.15. The minimum atomic E-state index is -3.95. The Morgan fingerprint density at radius 1 is 1.00 bits per heavy atom. The maximum absolute atomic E-state index is 13.3. The molecule has 160 valence electrons. The number of rotatable bonds is 4. The Morgan fingerprint density at radius 3 is 2.45 bits per heavy atom. The van der Waals surface area contributed by atoms with Gasteiger partial charge in [0, 0.05) is 29.8 Å². The molecule has 0 bridgehead atoms. The van der Waals surface area contributed by atoms with Crippen molar-refractivity contribution in [3.63, 3.8) is 0 Å². The van der Waals surface area contributed by atoms with Crippen LogP contribution in [-0.2, 0) is 14.8 Å². The van der Waals surface area contributed by atoms with E-state index < -0.39 is 27.9 Å². The standard InChI is InChI=1S/C21H20N4O4S2/c26-20(15-7-9-22-10-8-15)23-24-21(27)19-12-17(30)13-25(19)31(28,29)18-6-5-14-3-1-2-4-16(14)11-18/h1-11,17,19,30H,12-13H2,(H,23,26)(H,24,27)/t17-,19+/m1/s1. The summed E-state index contributed by atoms with van der Waals surface area (Å²) >= 11 is 4.39. The minimum absolute atomic E-state index is 0.0919. The lowest BCUT2D eigenvalue weighted by atomic mass is 10.1. The van der Waals surface area contributed by atoms with Crippen LogP contribution in [0.5, 0.6) is 0 Å². The molecule has 0 saturated carbocycles. The van der Waals surface area contributed by atoms with Crippen molar-refractivity contribution in [3.8, 4) is 0 Å². The van der Waals surface area contributed by atoms with Crippen molar-refractivity contribution < 1.29 is 18.0 Å². The molecule has 0 unspecified atom stereocenters. The van der Waals surface area contributed by atoms with E-state index in [-0.39, 0.29) is 23.1 Å². The molecule has 0 spiro atoms. The molecular weight excluding hydrogens is 436 g/mol. The summed E-state index contributed by atoms with van der Waals surface area (Å²) in [6.45, 7) is 0.0919. The van der Waals surface area contributed by atoms with Crippen LogP contribution < -0.4 is 10.9 Å². The SMILES string of the molecule is O=C(NNC(=O)[C@@H]1C[C@@H](S)CN1S(=O)(=O)c1ccc2ccccc2c1)c1ccncc1. The fraction of sp³-hybridized carbons (Fsp3) is 0.190. The number of nitrogens with one attached hydrogen (secondary N) is 2. The van der Waals surface area contributed by atoms with E-state index in [9.17, 15) is 18.0 Å². The summed E-state index contributed by atoms with van der Waals surface area (Å²) in [5, 5.41) is 1.40. The number of hydrogen-bond donors (Lipinski definition) is 3. The van der Waals surface area contributed by atoms with Crippen molar-refractivity contribution in [2.75, 3.05) is 6.54 Å². The number of thiol groups is 1. The molecule has 2 N–H and O–H groups in total. The molecule has 2 heterocycles. The van der Waals surface area contributed by atoms with Gasteiger partial charge in [-0.05, 0) is 41.5 Å². The van der Waals surface area contributed by atoms with Crippen LogP contribution in [0.4, 0.5) is 0 Å². The van der Waals surface area contributed by atoms with E-state index in [1.165, 1.54) is 30.6 Å². The maximum Gasteiger partial charge on any atom is 0.269 e. The molecule has 4 rings (SSSR count). The van der Waals surface area contributed by atoms with Gasteiger partial charge in [-0.25, -0.2) is 8.42 Å². The van der Waals surface area contributed by atoms with E-state index in [4.69, 9.17) is 0 Å². The zero-order valence-corrected chi connectivity index (χ0v) is 18.0. The Morgan fingerprint density at radius 2 is 1.71 bits per heavy atom. The first-order chi connectivity index (χ1) is 14.9. The van der Waals surface area contributed by atoms with Crippen molar-refractivity contribution in [3.05, 3.63) is 72.6 Å². The average Bonchev–Trinajstić information content (AvgIpc) is 3.20. The number of benzene rings is 2. The molecule has 8 nitrogen and oxygen atoms in total. The van der Waals surface area contributed by atoms with Gasteiger partial charge in [0.2, 0.25) is 10.0 Å². The second kappa shape index (κ2) is 8.66. The summed E-state index contributed by atoms with van der Waals surface area (Å²) in [7, 11) is -3.95. The first-order valence-corrected chi connectivity index (χ1v) is 11.5. The zero-order chi connectivity index (χ0) is 22.0. The molecule has 31 heavy (non-hydrogen) atoms. The molecule has 2 aromatic carbocycles. The Labute approximate surface area is 185 Å². The highest BCUT2D eigenvalue weighted by Crippen LogP contribution is 2.30. The fourth-order valence-corrected chi connectivity index (χ4v) is 5.69. The first kappa shape index (κ1) is 21.3. The van der Waals surface area contributed by atoms with Crippen LogP contribution in [-0.4, -0.2) is 47.4 Å². The van der Waals surface area contributed by atoms with Gasteiger partial charge in [-0.2, -0.15) is 16.9 Å². The smallest absolute Gasteiger partial charge is 0.269 e. The number of aromatic nitrogens is 1. The molecule has 1 fully saturated rings. The highest BCUT2D eigenvalue weighted by Gasteiger charge is 2.43. The largest absolute Gasteiger partial charge is 0.271 e. The Bertz CT molecular complexity index is 1230. The number of pyridine rings is 1. The second-order valence-corrected chi connectivity index (χ2v) is 9.79. The van der Waals surface area contributed by atoms with Gasteiger partial charge in [0.05, 0.1) is 4.90 Å². The van der Waals surface area contributed by atoms with Crippen molar-refractivity contribution >= 4 is 45.2 Å². The Kier molecular flexibility index (Phi) is 5.94. The molecule has 1 aromatic heterocycles. The monoisotopic (exact) mass is 456 g/mol. The van der Waals surface area contributed by atoms with E-state index in [0.29, 0.717) is 5.56 Å². The van der Waals surface area contributed by atoms with E-state index in [1.54, 1.807) is 12.1 Å². The number of sulfonamides is 1. The predicted octanol–water partition coefficient (Wildman–Crippen LogP) is 1.76. The van der Waals surface area contributed by atoms with Gasteiger partial charge in [0.25, 0.3) is 11.8 Å². The maximum atomic E-state index is 13.3. The van der Waals surface area contributed by atoms with Crippen LogP contribution in [0.15, 0.2) is 71.9 Å². The van der Waals surface area contributed by atoms with Crippen molar-refractivity contribution in [1.82, 2.24) is 20.1 Å². The quantitative estimate of drug-likeness (QED) is 0.410. The van der Waals surface area contributed by atoms with Crippen molar-refractivity contribution in [2.45, 2.75) is 22.6 Å². The highest BCUT2D eigenvalue weighted by molar-refractivity contribution is 7.89.